The van der Waals surface area contributed by atoms with Crippen LogP contribution in [-0.2, 0) is 20.9 Å². The molecular formula is C20H22N2O6. The van der Waals surface area contributed by atoms with Crippen molar-refractivity contribution in [1.82, 2.24) is 10.2 Å². The van der Waals surface area contributed by atoms with Crippen LogP contribution in [0.3, 0.4) is 0 Å². The van der Waals surface area contributed by atoms with E-state index in [2.05, 4.69) is 5.32 Å². The second-order valence-electron chi connectivity index (χ2n) is 7.14. The summed E-state index contributed by atoms with van der Waals surface area (Å²) in [6.45, 7) is 6.48. The maximum absolute atomic E-state index is 12.3. The van der Waals surface area contributed by atoms with Gasteiger partial charge in [0.05, 0.1) is 0 Å². The molecule has 8 heteroatoms. The van der Waals surface area contributed by atoms with Crippen LogP contribution in [0, 0.1) is 13.8 Å². The molecule has 3 rings (SSSR count). The van der Waals surface area contributed by atoms with Crippen molar-refractivity contribution < 1.29 is 23.5 Å². The number of urea groups is 1. The monoisotopic (exact) mass is 386 g/mol. The molecule has 2 aromatic rings. The molecule has 8 nitrogen and oxygen atoms in total. The number of nitrogens with one attached hydrogen (secondary N) is 1. The van der Waals surface area contributed by atoms with Gasteiger partial charge < -0.3 is 14.5 Å². The molecule has 0 aliphatic carbocycles. The fraction of sp³-hybridized carbons (Fsp3) is 0.400. The third-order valence-corrected chi connectivity index (χ3v) is 5.25. The molecule has 1 aliphatic rings. The van der Waals surface area contributed by atoms with Gasteiger partial charge in [0.2, 0.25) is 0 Å². The number of benzene rings is 1. The van der Waals surface area contributed by atoms with Gasteiger partial charge in [-0.05, 0) is 38.3 Å². The van der Waals surface area contributed by atoms with Crippen molar-refractivity contribution in [2.24, 2.45) is 0 Å². The van der Waals surface area contributed by atoms with Crippen LogP contribution < -0.4 is 10.9 Å². The highest BCUT2D eigenvalue weighted by atomic mass is 16.5. The number of hydrogen-bond acceptors (Lipinski definition) is 6. The van der Waals surface area contributed by atoms with E-state index in [1.807, 2.05) is 19.9 Å². The summed E-state index contributed by atoms with van der Waals surface area (Å²) in [4.78, 5) is 49.3. The van der Waals surface area contributed by atoms with Crippen molar-refractivity contribution in [1.29, 1.82) is 0 Å². The summed E-state index contributed by atoms with van der Waals surface area (Å²) in [5, 5.41) is 3.25. The lowest BCUT2D eigenvalue weighted by atomic mass is 9.99. The van der Waals surface area contributed by atoms with Gasteiger partial charge in [-0.25, -0.2) is 9.59 Å². The van der Waals surface area contributed by atoms with E-state index in [1.54, 1.807) is 19.9 Å². The molecule has 2 heterocycles. The molecule has 1 atom stereocenters. The number of aryl methyl sites for hydroxylation is 2. The van der Waals surface area contributed by atoms with Crippen molar-refractivity contribution in [3.05, 3.63) is 45.3 Å². The molecule has 28 heavy (non-hydrogen) atoms. The Morgan fingerprint density at radius 2 is 1.96 bits per heavy atom. The van der Waals surface area contributed by atoms with Gasteiger partial charge in [0.1, 0.15) is 24.3 Å². The quantitative estimate of drug-likeness (QED) is 0.480. The van der Waals surface area contributed by atoms with Crippen molar-refractivity contribution in [2.75, 3.05) is 6.54 Å². The maximum Gasteiger partial charge on any atom is 0.336 e. The summed E-state index contributed by atoms with van der Waals surface area (Å²) >= 11 is 0. The molecule has 1 saturated heterocycles. The number of imide groups is 1. The number of rotatable bonds is 5. The zero-order valence-corrected chi connectivity index (χ0v) is 16.3. The fourth-order valence-electron chi connectivity index (χ4n) is 3.11. The Balaban J connectivity index is 1.75. The first-order valence-corrected chi connectivity index (χ1v) is 8.99. The van der Waals surface area contributed by atoms with E-state index >= 15 is 0 Å². The molecule has 0 saturated carbocycles. The van der Waals surface area contributed by atoms with Crippen LogP contribution in [0.5, 0.6) is 0 Å². The highest BCUT2D eigenvalue weighted by Crippen LogP contribution is 2.24. The van der Waals surface area contributed by atoms with Crippen LogP contribution >= 0.6 is 0 Å². The van der Waals surface area contributed by atoms with Gasteiger partial charge in [-0.2, -0.15) is 0 Å². The number of amides is 3. The van der Waals surface area contributed by atoms with Crippen LogP contribution in [0.25, 0.3) is 11.0 Å². The summed E-state index contributed by atoms with van der Waals surface area (Å²) in [6.07, 6.45) is 0.410. The molecular weight excluding hydrogens is 364 g/mol. The van der Waals surface area contributed by atoms with Crippen LogP contribution in [0.15, 0.2) is 27.4 Å². The summed E-state index contributed by atoms with van der Waals surface area (Å²) < 4.78 is 10.5. The Hall–Kier alpha value is -3.16. The number of nitrogens with zero attached hydrogens (tertiary/aromatic N) is 1. The molecule has 1 aromatic heterocycles. The first-order valence-electron chi connectivity index (χ1n) is 8.99. The van der Waals surface area contributed by atoms with Gasteiger partial charge in [-0.3, -0.25) is 14.5 Å². The summed E-state index contributed by atoms with van der Waals surface area (Å²) in [6, 6.07) is 4.34. The van der Waals surface area contributed by atoms with E-state index in [-0.39, 0.29) is 6.61 Å². The normalized spacial score (nSPS) is 19.2. The molecule has 0 spiro atoms. The molecule has 0 unspecified atom stereocenters. The minimum absolute atomic E-state index is 0.169. The average Bonchev–Trinajstić information content (AvgIpc) is 2.87. The third-order valence-electron chi connectivity index (χ3n) is 5.25. The predicted octanol–water partition coefficient (Wildman–Crippen LogP) is 2.17. The van der Waals surface area contributed by atoms with Gasteiger partial charge in [0.25, 0.3) is 5.91 Å². The minimum Gasteiger partial charge on any atom is -0.459 e. The second-order valence-corrected chi connectivity index (χ2v) is 7.14. The van der Waals surface area contributed by atoms with Gasteiger partial charge in [0, 0.05) is 17.0 Å². The van der Waals surface area contributed by atoms with Crippen LogP contribution in [0.2, 0.25) is 0 Å². The molecule has 148 valence electrons. The zero-order valence-electron chi connectivity index (χ0n) is 16.3. The van der Waals surface area contributed by atoms with Gasteiger partial charge in [-0.15, -0.1) is 0 Å². The van der Waals surface area contributed by atoms with Gasteiger partial charge >= 0.3 is 17.6 Å². The van der Waals surface area contributed by atoms with Crippen molar-refractivity contribution in [3.63, 3.8) is 0 Å². The van der Waals surface area contributed by atoms with Crippen molar-refractivity contribution in [3.8, 4) is 0 Å². The Morgan fingerprint density at radius 3 is 2.61 bits per heavy atom. The van der Waals surface area contributed by atoms with Crippen molar-refractivity contribution in [2.45, 2.75) is 46.3 Å². The van der Waals surface area contributed by atoms with E-state index < -0.39 is 35.6 Å². The number of fused-ring (bicyclic) bond motifs is 1. The second kappa shape index (κ2) is 7.10. The maximum atomic E-state index is 12.3. The number of ether oxygens (including phenoxy) is 1. The Kier molecular flexibility index (Phi) is 4.97. The molecule has 1 aliphatic heterocycles. The van der Waals surface area contributed by atoms with E-state index in [0.29, 0.717) is 23.0 Å². The first kappa shape index (κ1) is 19.6. The zero-order chi connectivity index (χ0) is 20.6. The average molecular weight is 386 g/mol. The number of carbonyl (C=O) groups is 3. The number of carbonyl (C=O) groups excluding carboxylic acids is 3. The molecule has 0 radical (unpaired) electrons. The van der Waals surface area contributed by atoms with Gasteiger partial charge in [-0.1, -0.05) is 19.1 Å². The lowest BCUT2D eigenvalue weighted by Gasteiger charge is -2.18. The standard InChI is InChI=1S/C20H22N2O6/c1-5-20(4)18(25)22(19(26)21-20)9-16(24)27-10-13-8-15(23)28-17-12(3)11(2)6-7-14(13)17/h6-8H,5,9-10H2,1-4H3,(H,21,26)/t20-/m1/s1. The summed E-state index contributed by atoms with van der Waals surface area (Å²) in [5.41, 5.74) is 1.20. The van der Waals surface area contributed by atoms with Crippen LogP contribution in [0.4, 0.5) is 4.79 Å². The molecule has 1 N–H and O–H groups in total. The SMILES string of the molecule is CC[C@@]1(C)NC(=O)N(CC(=O)OCc2cc(=O)oc3c(C)c(C)ccc23)C1=O. The van der Waals surface area contributed by atoms with Crippen LogP contribution in [-0.4, -0.2) is 34.9 Å². The highest BCUT2D eigenvalue weighted by Gasteiger charge is 2.47. The minimum atomic E-state index is -1.01. The molecule has 3 amide bonds. The first-order chi connectivity index (χ1) is 13.2. The predicted molar refractivity (Wildman–Crippen MR) is 101 cm³/mol. The highest BCUT2D eigenvalue weighted by molar-refractivity contribution is 6.08. The van der Waals surface area contributed by atoms with Crippen LogP contribution in [0.1, 0.15) is 37.0 Å². The number of hydrogen-bond donors (Lipinski definition) is 1. The Bertz CT molecular complexity index is 1040. The lowest BCUT2D eigenvalue weighted by molar-refractivity contribution is -0.148. The molecule has 0 bridgehead atoms. The van der Waals surface area contributed by atoms with E-state index in [0.717, 1.165) is 16.0 Å². The fourth-order valence-corrected chi connectivity index (χ4v) is 3.11. The third kappa shape index (κ3) is 3.37. The molecule has 1 fully saturated rings. The van der Waals surface area contributed by atoms with E-state index in [1.165, 1.54) is 6.07 Å². The Labute approximate surface area is 161 Å². The van der Waals surface area contributed by atoms with Crippen molar-refractivity contribution >= 4 is 28.9 Å². The topological polar surface area (TPSA) is 106 Å². The number of esters is 1. The summed E-state index contributed by atoms with van der Waals surface area (Å²) in [5.74, 6) is -1.21. The van der Waals surface area contributed by atoms with E-state index in [4.69, 9.17) is 9.15 Å². The summed E-state index contributed by atoms with van der Waals surface area (Å²) in [7, 11) is 0. The lowest BCUT2D eigenvalue weighted by Crippen LogP contribution is -2.43. The van der Waals surface area contributed by atoms with Gasteiger partial charge in [0.15, 0.2) is 0 Å². The largest absolute Gasteiger partial charge is 0.459 e. The smallest absolute Gasteiger partial charge is 0.336 e. The Morgan fingerprint density at radius 1 is 1.25 bits per heavy atom. The molecule has 1 aromatic carbocycles. The van der Waals surface area contributed by atoms with E-state index in [9.17, 15) is 19.2 Å².